The van der Waals surface area contributed by atoms with E-state index in [4.69, 9.17) is 4.74 Å². The molecule has 0 aliphatic carbocycles. The van der Waals surface area contributed by atoms with E-state index in [0.717, 1.165) is 31.0 Å². The van der Waals surface area contributed by atoms with Crippen LogP contribution in [0.15, 0.2) is 18.2 Å². The molecule has 3 nitrogen and oxygen atoms in total. The number of likely N-dealkylation sites (N-methyl/N-ethyl adjacent to an activating group) is 1. The highest BCUT2D eigenvalue weighted by Crippen LogP contribution is 2.31. The van der Waals surface area contributed by atoms with Gasteiger partial charge in [0.05, 0.1) is 12.2 Å². The van der Waals surface area contributed by atoms with E-state index in [1.807, 2.05) is 12.1 Å². The van der Waals surface area contributed by atoms with Crippen LogP contribution in [-0.2, 0) is 11.2 Å². The predicted molar refractivity (Wildman–Crippen MR) is 64.2 cm³/mol. The number of hydrogen-bond acceptors (Lipinski definition) is 3. The Kier molecular flexibility index (Phi) is 3.13. The summed E-state index contributed by atoms with van der Waals surface area (Å²) in [6.45, 7) is 3.30. The lowest BCUT2D eigenvalue weighted by Crippen LogP contribution is -2.28. The lowest BCUT2D eigenvalue weighted by atomic mass is 10.1. The summed E-state index contributed by atoms with van der Waals surface area (Å²) in [5, 5.41) is 0. The third-order valence-corrected chi connectivity index (χ3v) is 2.88. The van der Waals surface area contributed by atoms with Crippen molar-refractivity contribution in [1.82, 2.24) is 0 Å². The van der Waals surface area contributed by atoms with Gasteiger partial charge in [0.25, 0.3) is 0 Å². The minimum atomic E-state index is 0.238. The number of fused-ring (bicyclic) bond motifs is 1. The van der Waals surface area contributed by atoms with Gasteiger partial charge in [-0.25, -0.2) is 0 Å². The molecule has 0 fully saturated rings. The largest absolute Gasteiger partial charge is 0.490 e. The molecule has 16 heavy (non-hydrogen) atoms. The van der Waals surface area contributed by atoms with Crippen LogP contribution >= 0.6 is 0 Å². The number of carbonyl (C=O) groups is 1. The number of Topliss-reactive ketones (excluding diaryl/α,β-unsaturated/α-hetero) is 1. The molecule has 0 radical (unpaired) electrons. The number of ether oxygens (including phenoxy) is 1. The fourth-order valence-electron chi connectivity index (χ4n) is 1.87. The Morgan fingerprint density at radius 2 is 2.31 bits per heavy atom. The van der Waals surface area contributed by atoms with Gasteiger partial charge in [-0.3, -0.25) is 0 Å². The van der Waals surface area contributed by atoms with Crippen LogP contribution < -0.4 is 9.64 Å². The lowest BCUT2D eigenvalue weighted by Gasteiger charge is -2.28. The van der Waals surface area contributed by atoms with Gasteiger partial charge in [0.15, 0.2) is 0 Å². The van der Waals surface area contributed by atoms with Crippen LogP contribution in [0.1, 0.15) is 18.9 Å². The van der Waals surface area contributed by atoms with Crippen molar-refractivity contribution in [2.75, 3.05) is 25.1 Å². The maximum Gasteiger partial charge on any atom is 0.142 e. The molecule has 0 amide bonds. The Morgan fingerprint density at radius 3 is 3.06 bits per heavy atom. The quantitative estimate of drug-likeness (QED) is 0.779. The van der Waals surface area contributed by atoms with Crippen LogP contribution in [0.2, 0.25) is 0 Å². The molecule has 0 unspecified atom stereocenters. The molecule has 0 aromatic heterocycles. The van der Waals surface area contributed by atoms with Crippen molar-refractivity contribution in [3.63, 3.8) is 0 Å². The topological polar surface area (TPSA) is 29.5 Å². The minimum Gasteiger partial charge on any atom is -0.490 e. The summed E-state index contributed by atoms with van der Waals surface area (Å²) in [6.07, 6.45) is 1.43. The maximum atomic E-state index is 10.9. The van der Waals surface area contributed by atoms with Gasteiger partial charge >= 0.3 is 0 Å². The number of benzene rings is 1. The van der Waals surface area contributed by atoms with E-state index in [0.29, 0.717) is 6.42 Å². The second-order valence-electron chi connectivity index (χ2n) is 4.27. The first-order valence-corrected chi connectivity index (χ1v) is 5.63. The highest BCUT2D eigenvalue weighted by atomic mass is 16.5. The van der Waals surface area contributed by atoms with Crippen molar-refractivity contribution in [3.05, 3.63) is 23.8 Å². The summed E-state index contributed by atoms with van der Waals surface area (Å²) >= 11 is 0. The molecule has 86 valence electrons. The molecule has 3 heteroatoms. The van der Waals surface area contributed by atoms with Gasteiger partial charge in [0, 0.05) is 13.5 Å². The van der Waals surface area contributed by atoms with Crippen LogP contribution in [0.3, 0.4) is 0 Å². The molecule has 1 aliphatic heterocycles. The van der Waals surface area contributed by atoms with Crippen molar-refractivity contribution in [1.29, 1.82) is 0 Å². The van der Waals surface area contributed by atoms with Gasteiger partial charge < -0.3 is 14.4 Å². The Labute approximate surface area is 96.0 Å². The molecule has 1 aromatic rings. The summed E-state index contributed by atoms with van der Waals surface area (Å²) in [6, 6.07) is 6.17. The van der Waals surface area contributed by atoms with Crippen molar-refractivity contribution in [2.24, 2.45) is 0 Å². The zero-order valence-corrected chi connectivity index (χ0v) is 9.82. The van der Waals surface area contributed by atoms with Crippen LogP contribution in [0.5, 0.6) is 5.75 Å². The van der Waals surface area contributed by atoms with Gasteiger partial charge in [0.2, 0.25) is 0 Å². The molecule has 0 spiro atoms. The predicted octanol–water partition coefficient (Wildman–Crippen LogP) is 2.04. The van der Waals surface area contributed by atoms with E-state index in [-0.39, 0.29) is 5.78 Å². The average molecular weight is 219 g/mol. The maximum absolute atomic E-state index is 10.9. The van der Waals surface area contributed by atoms with Crippen LogP contribution in [0.25, 0.3) is 0 Å². The fourth-order valence-corrected chi connectivity index (χ4v) is 1.87. The third kappa shape index (κ3) is 2.35. The molecule has 0 atom stereocenters. The molecular weight excluding hydrogens is 202 g/mol. The summed E-state index contributed by atoms with van der Waals surface area (Å²) < 4.78 is 5.57. The Hall–Kier alpha value is -1.51. The molecule has 0 saturated carbocycles. The number of rotatable bonds is 3. The van der Waals surface area contributed by atoms with E-state index < -0.39 is 0 Å². The average Bonchev–Trinajstić information content (AvgIpc) is 2.27. The molecule has 0 saturated heterocycles. The standard InChI is InChI=1S/C13H17NO2/c1-10(15)3-4-11-5-6-13-12(9-11)14(2)7-8-16-13/h5-6,9H,3-4,7-8H2,1-2H3. The fraction of sp³-hybridized carbons (Fsp3) is 0.462. The zero-order valence-electron chi connectivity index (χ0n) is 9.82. The molecule has 1 heterocycles. The zero-order chi connectivity index (χ0) is 11.5. The van der Waals surface area contributed by atoms with E-state index in [9.17, 15) is 4.79 Å². The molecule has 1 aliphatic rings. The van der Waals surface area contributed by atoms with Crippen molar-refractivity contribution in [2.45, 2.75) is 19.8 Å². The first kappa shape index (κ1) is 11.0. The van der Waals surface area contributed by atoms with E-state index in [1.165, 1.54) is 5.56 Å². The Bertz CT molecular complexity index is 401. The second-order valence-corrected chi connectivity index (χ2v) is 4.27. The number of anilines is 1. The van der Waals surface area contributed by atoms with Gasteiger partial charge in [-0.2, -0.15) is 0 Å². The summed E-state index contributed by atoms with van der Waals surface area (Å²) in [4.78, 5) is 13.1. The monoisotopic (exact) mass is 219 g/mol. The number of aryl methyl sites for hydroxylation is 1. The molecule has 1 aromatic carbocycles. The molecule has 2 rings (SSSR count). The number of nitrogens with zero attached hydrogens (tertiary/aromatic N) is 1. The molecule has 0 N–H and O–H groups in total. The van der Waals surface area contributed by atoms with Crippen LogP contribution in [0, 0.1) is 0 Å². The Morgan fingerprint density at radius 1 is 1.50 bits per heavy atom. The molecular formula is C13H17NO2. The highest BCUT2D eigenvalue weighted by Gasteiger charge is 2.14. The highest BCUT2D eigenvalue weighted by molar-refractivity contribution is 5.75. The normalized spacial score (nSPS) is 14.2. The van der Waals surface area contributed by atoms with Gasteiger partial charge in [-0.15, -0.1) is 0 Å². The van der Waals surface area contributed by atoms with E-state index in [1.54, 1.807) is 6.92 Å². The van der Waals surface area contributed by atoms with Crippen molar-refractivity contribution < 1.29 is 9.53 Å². The van der Waals surface area contributed by atoms with E-state index in [2.05, 4.69) is 18.0 Å². The minimum absolute atomic E-state index is 0.238. The third-order valence-electron chi connectivity index (χ3n) is 2.88. The lowest BCUT2D eigenvalue weighted by molar-refractivity contribution is -0.116. The van der Waals surface area contributed by atoms with E-state index >= 15 is 0 Å². The van der Waals surface area contributed by atoms with Gasteiger partial charge in [-0.05, 0) is 31.0 Å². The second kappa shape index (κ2) is 4.56. The summed E-state index contributed by atoms with van der Waals surface area (Å²) in [7, 11) is 2.07. The summed E-state index contributed by atoms with van der Waals surface area (Å²) in [5.74, 6) is 1.18. The molecule has 0 bridgehead atoms. The first-order valence-electron chi connectivity index (χ1n) is 5.63. The first-order chi connectivity index (χ1) is 7.66. The van der Waals surface area contributed by atoms with Crippen LogP contribution in [0.4, 0.5) is 5.69 Å². The summed E-state index contributed by atoms with van der Waals surface area (Å²) in [5.41, 5.74) is 2.33. The SMILES string of the molecule is CC(=O)CCc1ccc2c(c1)N(C)CCO2. The Balaban J connectivity index is 2.17. The number of hydrogen-bond donors (Lipinski definition) is 0. The van der Waals surface area contributed by atoms with Crippen LogP contribution in [-0.4, -0.2) is 26.0 Å². The number of ketones is 1. The number of carbonyl (C=O) groups excluding carboxylic acids is 1. The smallest absolute Gasteiger partial charge is 0.142 e. The van der Waals surface area contributed by atoms with Crippen molar-refractivity contribution >= 4 is 11.5 Å². The van der Waals surface area contributed by atoms with Gasteiger partial charge in [0.1, 0.15) is 18.1 Å². The van der Waals surface area contributed by atoms with Gasteiger partial charge in [-0.1, -0.05) is 6.07 Å². The van der Waals surface area contributed by atoms with Crippen molar-refractivity contribution in [3.8, 4) is 5.75 Å².